The van der Waals surface area contributed by atoms with Crippen molar-refractivity contribution in [2.24, 2.45) is 5.92 Å². The number of nitrogens with one attached hydrogen (secondary N) is 1. The smallest absolute Gasteiger partial charge is 0.202 e. The van der Waals surface area contributed by atoms with Gasteiger partial charge in [-0.15, -0.1) is 11.6 Å². The van der Waals surface area contributed by atoms with Gasteiger partial charge in [0.05, 0.1) is 0 Å². The highest BCUT2D eigenvalue weighted by molar-refractivity contribution is 7.09. The van der Waals surface area contributed by atoms with Gasteiger partial charge in [-0.1, -0.05) is 13.8 Å². The van der Waals surface area contributed by atoms with Crippen molar-refractivity contribution in [3.8, 4) is 0 Å². The highest BCUT2D eigenvalue weighted by atomic mass is 35.5. The van der Waals surface area contributed by atoms with Gasteiger partial charge in [-0.25, -0.2) is 4.98 Å². The molecule has 0 aliphatic heterocycles. The van der Waals surface area contributed by atoms with Crippen molar-refractivity contribution in [3.63, 3.8) is 0 Å². The zero-order chi connectivity index (χ0) is 11.5. The van der Waals surface area contributed by atoms with Gasteiger partial charge >= 0.3 is 0 Å². The lowest BCUT2D eigenvalue weighted by atomic mass is 10.1. The Labute approximate surface area is 106 Å². The van der Waals surface area contributed by atoms with E-state index in [1.54, 1.807) is 0 Å². The van der Waals surface area contributed by atoms with Crippen LogP contribution >= 0.6 is 23.1 Å². The quantitative estimate of drug-likeness (QED) is 0.842. The molecule has 90 valence electrons. The number of halogens is 1. The molecule has 0 bridgehead atoms. The van der Waals surface area contributed by atoms with Crippen LogP contribution in [0.5, 0.6) is 0 Å². The fourth-order valence-corrected chi connectivity index (χ4v) is 3.06. The number of aromatic nitrogens is 2. The van der Waals surface area contributed by atoms with E-state index in [2.05, 4.69) is 28.5 Å². The Morgan fingerprint density at radius 2 is 2.31 bits per heavy atom. The SMILES string of the molecule is CC(C)c1nsc(NCC2CCC(Cl)C2)n1. The number of hydrogen-bond acceptors (Lipinski definition) is 4. The molecule has 2 rings (SSSR count). The predicted octanol–water partition coefficient (Wildman–Crippen LogP) is 3.48. The maximum atomic E-state index is 6.08. The van der Waals surface area contributed by atoms with Crippen LogP contribution in [0.15, 0.2) is 0 Å². The minimum Gasteiger partial charge on any atom is -0.360 e. The lowest BCUT2D eigenvalue weighted by Crippen LogP contribution is -2.11. The van der Waals surface area contributed by atoms with E-state index in [0.717, 1.165) is 30.3 Å². The molecule has 16 heavy (non-hydrogen) atoms. The van der Waals surface area contributed by atoms with Gasteiger partial charge in [0.2, 0.25) is 5.13 Å². The van der Waals surface area contributed by atoms with E-state index >= 15 is 0 Å². The molecular formula is C11H18ClN3S. The third kappa shape index (κ3) is 3.08. The van der Waals surface area contributed by atoms with Gasteiger partial charge in [0, 0.05) is 29.4 Å². The molecular weight excluding hydrogens is 242 g/mol. The van der Waals surface area contributed by atoms with Crippen LogP contribution in [0.4, 0.5) is 5.13 Å². The Morgan fingerprint density at radius 1 is 1.50 bits per heavy atom. The summed E-state index contributed by atoms with van der Waals surface area (Å²) in [7, 11) is 0. The highest BCUT2D eigenvalue weighted by Gasteiger charge is 2.22. The first-order valence-corrected chi connectivity index (χ1v) is 7.07. The molecule has 0 saturated heterocycles. The monoisotopic (exact) mass is 259 g/mol. The summed E-state index contributed by atoms with van der Waals surface area (Å²) in [6, 6.07) is 0. The van der Waals surface area contributed by atoms with Gasteiger partial charge in [0.1, 0.15) is 5.82 Å². The second-order valence-electron chi connectivity index (χ2n) is 4.77. The second-order valence-corrected chi connectivity index (χ2v) is 6.14. The number of rotatable bonds is 4. The fourth-order valence-electron chi connectivity index (χ4n) is 1.97. The molecule has 0 aromatic carbocycles. The first-order valence-electron chi connectivity index (χ1n) is 5.86. The highest BCUT2D eigenvalue weighted by Crippen LogP contribution is 2.29. The number of nitrogens with zero attached hydrogens (tertiary/aromatic N) is 2. The van der Waals surface area contributed by atoms with Crippen molar-refractivity contribution in [1.29, 1.82) is 0 Å². The molecule has 0 amide bonds. The molecule has 0 spiro atoms. The summed E-state index contributed by atoms with van der Waals surface area (Å²) in [5.74, 6) is 2.05. The van der Waals surface area contributed by atoms with Crippen molar-refractivity contribution >= 4 is 28.3 Å². The Hall–Kier alpha value is -0.350. The zero-order valence-corrected chi connectivity index (χ0v) is 11.3. The van der Waals surface area contributed by atoms with Crippen LogP contribution in [-0.2, 0) is 0 Å². The van der Waals surface area contributed by atoms with Crippen LogP contribution in [0.3, 0.4) is 0 Å². The predicted molar refractivity (Wildman–Crippen MR) is 69.5 cm³/mol. The van der Waals surface area contributed by atoms with Crippen LogP contribution in [0.1, 0.15) is 44.9 Å². The Bertz CT molecular complexity index is 340. The van der Waals surface area contributed by atoms with E-state index in [0.29, 0.717) is 17.2 Å². The topological polar surface area (TPSA) is 37.8 Å². The van der Waals surface area contributed by atoms with E-state index in [9.17, 15) is 0 Å². The molecule has 1 fully saturated rings. The summed E-state index contributed by atoms with van der Waals surface area (Å²) in [5.41, 5.74) is 0. The molecule has 0 radical (unpaired) electrons. The molecule has 2 atom stereocenters. The number of alkyl halides is 1. The molecule has 1 N–H and O–H groups in total. The molecule has 1 aliphatic carbocycles. The summed E-state index contributed by atoms with van der Waals surface area (Å²) < 4.78 is 4.32. The summed E-state index contributed by atoms with van der Waals surface area (Å²) in [6.07, 6.45) is 3.52. The second kappa shape index (κ2) is 5.32. The summed E-state index contributed by atoms with van der Waals surface area (Å²) >= 11 is 7.54. The van der Waals surface area contributed by atoms with Gasteiger partial charge in [-0.2, -0.15) is 4.37 Å². The lowest BCUT2D eigenvalue weighted by Gasteiger charge is -2.08. The minimum atomic E-state index is 0.382. The van der Waals surface area contributed by atoms with Crippen LogP contribution in [0, 0.1) is 5.92 Å². The van der Waals surface area contributed by atoms with Crippen molar-refractivity contribution in [2.45, 2.75) is 44.4 Å². The first-order chi connectivity index (χ1) is 7.65. The fraction of sp³-hybridized carbons (Fsp3) is 0.818. The Balaban J connectivity index is 1.80. The zero-order valence-electron chi connectivity index (χ0n) is 9.74. The molecule has 1 saturated carbocycles. The van der Waals surface area contributed by atoms with Crippen LogP contribution in [0.2, 0.25) is 0 Å². The molecule has 2 unspecified atom stereocenters. The summed E-state index contributed by atoms with van der Waals surface area (Å²) in [4.78, 5) is 4.45. The van der Waals surface area contributed by atoms with Gasteiger partial charge in [-0.3, -0.25) is 0 Å². The molecule has 1 aromatic rings. The van der Waals surface area contributed by atoms with Crippen LogP contribution in [0.25, 0.3) is 0 Å². The van der Waals surface area contributed by atoms with E-state index < -0.39 is 0 Å². The maximum Gasteiger partial charge on any atom is 0.202 e. The molecule has 1 heterocycles. The molecule has 1 aromatic heterocycles. The lowest BCUT2D eigenvalue weighted by molar-refractivity contribution is 0.580. The van der Waals surface area contributed by atoms with Crippen LogP contribution in [-0.4, -0.2) is 21.3 Å². The van der Waals surface area contributed by atoms with Crippen molar-refractivity contribution in [2.75, 3.05) is 11.9 Å². The van der Waals surface area contributed by atoms with E-state index in [1.165, 1.54) is 18.0 Å². The van der Waals surface area contributed by atoms with E-state index in [-0.39, 0.29) is 0 Å². The Kier molecular flexibility index (Phi) is 4.03. The van der Waals surface area contributed by atoms with Gasteiger partial charge < -0.3 is 5.32 Å². The van der Waals surface area contributed by atoms with Crippen molar-refractivity contribution in [3.05, 3.63) is 5.82 Å². The van der Waals surface area contributed by atoms with E-state index in [4.69, 9.17) is 11.6 Å². The first kappa shape index (κ1) is 12.1. The van der Waals surface area contributed by atoms with Gasteiger partial charge in [0.25, 0.3) is 0 Å². The minimum absolute atomic E-state index is 0.382. The van der Waals surface area contributed by atoms with Gasteiger partial charge in [0.15, 0.2) is 0 Å². The summed E-state index contributed by atoms with van der Waals surface area (Å²) in [6.45, 7) is 5.21. The standard InChI is InChI=1S/C11H18ClN3S/c1-7(2)10-14-11(16-15-10)13-6-8-3-4-9(12)5-8/h7-9H,3-6H2,1-2H3,(H,13,14,15). The molecule has 5 heteroatoms. The van der Waals surface area contributed by atoms with Crippen molar-refractivity contribution in [1.82, 2.24) is 9.36 Å². The van der Waals surface area contributed by atoms with Crippen LogP contribution < -0.4 is 5.32 Å². The summed E-state index contributed by atoms with van der Waals surface area (Å²) in [5, 5.41) is 4.70. The van der Waals surface area contributed by atoms with E-state index in [1.807, 2.05) is 0 Å². The maximum absolute atomic E-state index is 6.08. The third-order valence-electron chi connectivity index (χ3n) is 2.98. The third-order valence-corrected chi connectivity index (χ3v) is 4.06. The molecule has 3 nitrogen and oxygen atoms in total. The van der Waals surface area contributed by atoms with Crippen molar-refractivity contribution < 1.29 is 0 Å². The number of hydrogen-bond donors (Lipinski definition) is 1. The average molecular weight is 260 g/mol. The average Bonchev–Trinajstić information content (AvgIpc) is 2.83. The number of anilines is 1. The largest absolute Gasteiger partial charge is 0.360 e. The Morgan fingerprint density at radius 3 is 2.88 bits per heavy atom. The molecule has 1 aliphatic rings. The van der Waals surface area contributed by atoms with Gasteiger partial charge in [-0.05, 0) is 25.2 Å². The normalized spacial score (nSPS) is 25.2.